The summed E-state index contributed by atoms with van der Waals surface area (Å²) in [7, 11) is 8.20. The van der Waals surface area contributed by atoms with Crippen LogP contribution >= 0.6 is 0 Å². The van der Waals surface area contributed by atoms with Gasteiger partial charge in [-0.25, -0.2) is 4.79 Å². The predicted octanol–water partition coefficient (Wildman–Crippen LogP) is 0.258. The van der Waals surface area contributed by atoms with Crippen molar-refractivity contribution in [1.82, 2.24) is 4.90 Å². The minimum atomic E-state index is -1.83. The number of piperidine rings is 1. The molecule has 1 saturated heterocycles. The lowest BCUT2D eigenvalue weighted by molar-refractivity contribution is -0.321. The van der Waals surface area contributed by atoms with Gasteiger partial charge in [-0.05, 0) is 31.5 Å². The fraction of sp³-hybridized carbons (Fsp3) is 0.758. The number of aliphatic hydroxyl groups is 3. The summed E-state index contributed by atoms with van der Waals surface area (Å²) < 4.78 is 37.2. The van der Waals surface area contributed by atoms with Crippen molar-refractivity contribution in [2.24, 2.45) is 34.5 Å². The van der Waals surface area contributed by atoms with Gasteiger partial charge in [-0.1, -0.05) is 18.2 Å². The molecule has 5 aliphatic carbocycles. The Morgan fingerprint density at radius 2 is 1.71 bits per heavy atom. The number of carbonyl (C=O) groups excluding carboxylic acids is 2. The van der Waals surface area contributed by atoms with Crippen molar-refractivity contribution >= 4 is 11.9 Å². The van der Waals surface area contributed by atoms with E-state index in [1.165, 1.54) is 14.0 Å². The molecule has 248 valence electrons. The van der Waals surface area contributed by atoms with Gasteiger partial charge >= 0.3 is 11.9 Å². The van der Waals surface area contributed by atoms with Gasteiger partial charge in [0.15, 0.2) is 5.60 Å². The Balaban J connectivity index is 1.52. The Kier molecular flexibility index (Phi) is 7.28. The molecule has 6 fully saturated rings. The molecule has 1 heterocycles. The molecular weight excluding hydrogens is 586 g/mol. The van der Waals surface area contributed by atoms with E-state index in [9.17, 15) is 24.9 Å². The van der Waals surface area contributed by atoms with Gasteiger partial charge in [-0.2, -0.15) is 0 Å². The summed E-state index contributed by atoms with van der Waals surface area (Å²) >= 11 is 0. The molecule has 5 saturated carbocycles. The lowest BCUT2D eigenvalue weighted by atomic mass is 9.42. The van der Waals surface area contributed by atoms with Crippen LogP contribution in [0, 0.1) is 34.5 Å². The Morgan fingerprint density at radius 3 is 2.31 bits per heavy atom. The third-order valence-corrected chi connectivity index (χ3v) is 12.9. The second-order valence-electron chi connectivity index (χ2n) is 14.3. The second kappa shape index (κ2) is 10.4. The highest BCUT2D eigenvalue weighted by Crippen LogP contribution is 2.80. The molecule has 15 atom stereocenters. The first-order valence-electron chi connectivity index (χ1n) is 15.8. The maximum absolute atomic E-state index is 13.7. The SMILES string of the molecule is COC[C@]12CN(C)C3[C@H]4[C@H](OC)[C@H]1[C@]3([C@@H](OC)C[C@H]2O)[C@@H]1C[C@@]2(O)[C@H](OC(=O)c3ccccc3)[C@@H]1[C@]4(OC(C)=O)[C@@H](O)[C@@H]2OC. The molecule has 1 aromatic rings. The number of methoxy groups -OCH3 is 4. The van der Waals surface area contributed by atoms with Crippen LogP contribution in [0.15, 0.2) is 30.3 Å². The molecule has 3 N–H and O–H groups in total. The number of hydrogen-bond acceptors (Lipinski definition) is 12. The lowest BCUT2D eigenvalue weighted by Gasteiger charge is -2.70. The van der Waals surface area contributed by atoms with Crippen LogP contribution in [0.1, 0.15) is 30.1 Å². The molecule has 0 aromatic heterocycles. The van der Waals surface area contributed by atoms with Crippen LogP contribution in [0.4, 0.5) is 0 Å². The highest BCUT2D eigenvalue weighted by Gasteiger charge is 2.92. The molecule has 6 aliphatic rings. The summed E-state index contributed by atoms with van der Waals surface area (Å²) in [4.78, 5) is 29.1. The summed E-state index contributed by atoms with van der Waals surface area (Å²) in [6.07, 6.45) is -5.50. The van der Waals surface area contributed by atoms with Crippen molar-refractivity contribution in [3.63, 3.8) is 0 Å². The molecule has 0 amide bonds. The third-order valence-electron chi connectivity index (χ3n) is 12.9. The van der Waals surface area contributed by atoms with E-state index in [0.717, 1.165) is 0 Å². The van der Waals surface area contributed by atoms with Gasteiger partial charge in [-0.3, -0.25) is 4.79 Å². The monoisotopic (exact) mass is 631 g/mol. The normalized spacial score (nSPS) is 50.7. The van der Waals surface area contributed by atoms with Crippen LogP contribution in [-0.2, 0) is 33.2 Å². The number of carbonyl (C=O) groups is 2. The maximum Gasteiger partial charge on any atom is 0.338 e. The van der Waals surface area contributed by atoms with Crippen molar-refractivity contribution in [1.29, 1.82) is 0 Å². The van der Waals surface area contributed by atoms with Crippen molar-refractivity contribution in [3.05, 3.63) is 35.9 Å². The highest BCUT2D eigenvalue weighted by atomic mass is 16.6. The van der Waals surface area contributed by atoms with Crippen LogP contribution in [-0.4, -0.2) is 135 Å². The molecule has 1 unspecified atom stereocenters. The van der Waals surface area contributed by atoms with E-state index in [2.05, 4.69) is 4.90 Å². The first-order valence-corrected chi connectivity index (χ1v) is 15.8. The smallest absolute Gasteiger partial charge is 0.338 e. The molecule has 1 aliphatic heterocycles. The third kappa shape index (κ3) is 3.55. The molecular formula is C33H45NO11. The van der Waals surface area contributed by atoms with E-state index in [1.807, 2.05) is 7.05 Å². The van der Waals surface area contributed by atoms with Crippen LogP contribution in [0.2, 0.25) is 0 Å². The number of ether oxygens (including phenoxy) is 6. The van der Waals surface area contributed by atoms with Crippen LogP contribution in [0.25, 0.3) is 0 Å². The molecule has 1 aromatic carbocycles. The highest BCUT2D eigenvalue weighted by molar-refractivity contribution is 5.89. The average Bonchev–Trinajstić information content (AvgIpc) is 3.40. The zero-order chi connectivity index (χ0) is 32.3. The first kappa shape index (κ1) is 31.4. The van der Waals surface area contributed by atoms with Crippen molar-refractivity contribution in [2.45, 2.75) is 73.6 Å². The average molecular weight is 632 g/mol. The van der Waals surface area contributed by atoms with Gasteiger partial charge in [0.2, 0.25) is 0 Å². The summed E-state index contributed by atoms with van der Waals surface area (Å²) in [6, 6.07) is 8.15. The Morgan fingerprint density at radius 1 is 1.00 bits per heavy atom. The first-order chi connectivity index (χ1) is 21.4. The van der Waals surface area contributed by atoms with Crippen LogP contribution in [0.5, 0.6) is 0 Å². The molecule has 0 radical (unpaired) electrons. The number of esters is 2. The van der Waals surface area contributed by atoms with Gasteiger partial charge in [0, 0.05) is 83.0 Å². The lowest BCUT2D eigenvalue weighted by Crippen LogP contribution is -2.81. The zero-order valence-electron chi connectivity index (χ0n) is 26.6. The van der Waals surface area contributed by atoms with E-state index >= 15 is 0 Å². The number of nitrogens with zero attached hydrogens (tertiary/aromatic N) is 1. The van der Waals surface area contributed by atoms with E-state index in [0.29, 0.717) is 18.5 Å². The van der Waals surface area contributed by atoms with Crippen molar-refractivity contribution in [2.75, 3.05) is 48.6 Å². The second-order valence-corrected chi connectivity index (χ2v) is 14.3. The minimum Gasteiger partial charge on any atom is -0.455 e. The largest absolute Gasteiger partial charge is 0.455 e. The maximum atomic E-state index is 13.7. The number of fused-ring (bicyclic) bond motifs is 2. The summed E-state index contributed by atoms with van der Waals surface area (Å²) in [5.74, 6) is -3.66. The summed E-state index contributed by atoms with van der Waals surface area (Å²) in [6.45, 7) is 2.00. The van der Waals surface area contributed by atoms with Gasteiger partial charge in [0.1, 0.15) is 23.9 Å². The number of likely N-dealkylation sites (tertiary alicyclic amines) is 1. The van der Waals surface area contributed by atoms with Crippen molar-refractivity contribution in [3.8, 4) is 0 Å². The van der Waals surface area contributed by atoms with Crippen LogP contribution < -0.4 is 0 Å². The fourth-order valence-corrected chi connectivity index (χ4v) is 12.2. The van der Waals surface area contributed by atoms with E-state index in [-0.39, 0.29) is 25.0 Å². The molecule has 7 rings (SSSR count). The number of benzene rings is 1. The molecule has 7 bridgehead atoms. The number of rotatable bonds is 8. The quantitative estimate of drug-likeness (QED) is 0.337. The predicted molar refractivity (Wildman–Crippen MR) is 156 cm³/mol. The van der Waals surface area contributed by atoms with E-state index in [1.54, 1.807) is 51.7 Å². The standard InChI is InChI=1S/C33H45NO11/c1-16(35)45-33-21-18(13-31(39,28(43-6)26(33)37)27(21)44-29(38)17-10-8-7-9-11-17)32-20(41-4)12-19(36)30(15-40-3)14-34(2)25(32)22(33)23(42-5)24(30)32/h7-11,18-28,36-37,39H,12-15H2,1-6H3/t18-,19-,20+,21-,22-,23+,24-,25?,26+,27-,28+,30+,31-,32-,33-/m1/s1. The minimum absolute atomic E-state index is 0.0754. The Labute approximate surface area is 262 Å². The van der Waals surface area contributed by atoms with Gasteiger partial charge < -0.3 is 48.6 Å². The van der Waals surface area contributed by atoms with Gasteiger partial charge in [-0.15, -0.1) is 0 Å². The molecule has 12 nitrogen and oxygen atoms in total. The zero-order valence-corrected chi connectivity index (χ0v) is 26.6. The Bertz CT molecular complexity index is 1350. The van der Waals surface area contributed by atoms with E-state index < -0.39 is 88.3 Å². The van der Waals surface area contributed by atoms with Gasteiger partial charge in [0.05, 0.1) is 30.5 Å². The molecule has 1 spiro atoms. The Hall–Kier alpha value is -2.16. The summed E-state index contributed by atoms with van der Waals surface area (Å²) in [5, 5.41) is 37.0. The molecule has 12 heteroatoms. The topological polar surface area (TPSA) is 153 Å². The van der Waals surface area contributed by atoms with E-state index in [4.69, 9.17) is 28.4 Å². The number of aliphatic hydroxyl groups excluding tert-OH is 2. The number of hydrogen-bond donors (Lipinski definition) is 3. The summed E-state index contributed by atoms with van der Waals surface area (Å²) in [5.41, 5.74) is -4.79. The fourth-order valence-electron chi connectivity index (χ4n) is 12.2. The van der Waals surface area contributed by atoms with Crippen LogP contribution in [0.3, 0.4) is 0 Å². The van der Waals surface area contributed by atoms with Gasteiger partial charge in [0.25, 0.3) is 0 Å². The van der Waals surface area contributed by atoms with Crippen molar-refractivity contribution < 1.29 is 53.3 Å². The molecule has 45 heavy (non-hydrogen) atoms.